The van der Waals surface area contributed by atoms with Crippen molar-refractivity contribution in [1.29, 1.82) is 0 Å². The molecule has 2 aromatic rings. The van der Waals surface area contributed by atoms with Crippen molar-refractivity contribution in [1.82, 2.24) is 4.57 Å². The highest BCUT2D eigenvalue weighted by molar-refractivity contribution is 5.22. The van der Waals surface area contributed by atoms with E-state index in [1.165, 1.54) is 0 Å². The smallest absolute Gasteiger partial charge is 0.256 e. The molecule has 0 radical (unpaired) electrons. The standard InChI is InChI=1S/C17H18FNO6/c18-11-7-19(17-16(23)15(22)13(8-20)25-17)14(21)6-12(11)24-9-10-4-2-1-3-5-10/h1-7,13,15-17,20,22-23H,8-9H2/t13-,15-,16-,17-/m1/s1. The van der Waals surface area contributed by atoms with Crippen LogP contribution < -0.4 is 10.3 Å². The third-order valence-corrected chi connectivity index (χ3v) is 4.03. The van der Waals surface area contributed by atoms with Gasteiger partial charge in [-0.05, 0) is 5.56 Å². The number of nitrogens with zero attached hydrogens (tertiary/aromatic N) is 1. The quantitative estimate of drug-likeness (QED) is 0.710. The Morgan fingerprint density at radius 2 is 1.92 bits per heavy atom. The summed E-state index contributed by atoms with van der Waals surface area (Å²) in [6, 6.07) is 10.0. The molecule has 134 valence electrons. The summed E-state index contributed by atoms with van der Waals surface area (Å²) < 4.78 is 25.6. The van der Waals surface area contributed by atoms with E-state index in [-0.39, 0.29) is 12.4 Å². The van der Waals surface area contributed by atoms with Crippen molar-refractivity contribution >= 4 is 0 Å². The van der Waals surface area contributed by atoms with Gasteiger partial charge in [0.2, 0.25) is 0 Å². The van der Waals surface area contributed by atoms with Gasteiger partial charge in [0.05, 0.1) is 6.61 Å². The fourth-order valence-corrected chi connectivity index (χ4v) is 2.66. The van der Waals surface area contributed by atoms with Crippen LogP contribution in [0.5, 0.6) is 5.75 Å². The minimum Gasteiger partial charge on any atom is -0.486 e. The zero-order chi connectivity index (χ0) is 18.0. The van der Waals surface area contributed by atoms with Gasteiger partial charge in [0, 0.05) is 12.3 Å². The number of aliphatic hydroxyl groups excluding tert-OH is 3. The van der Waals surface area contributed by atoms with Crippen molar-refractivity contribution in [2.24, 2.45) is 0 Å². The lowest BCUT2D eigenvalue weighted by Crippen LogP contribution is -2.35. The molecule has 7 nitrogen and oxygen atoms in total. The third kappa shape index (κ3) is 3.57. The number of aromatic nitrogens is 1. The van der Waals surface area contributed by atoms with E-state index in [0.29, 0.717) is 0 Å². The van der Waals surface area contributed by atoms with Crippen LogP contribution in [-0.2, 0) is 11.3 Å². The maximum absolute atomic E-state index is 14.3. The summed E-state index contributed by atoms with van der Waals surface area (Å²) in [6.07, 6.45) is -4.34. The number of hydrogen-bond donors (Lipinski definition) is 3. The van der Waals surface area contributed by atoms with Crippen molar-refractivity contribution < 1.29 is 29.2 Å². The average molecular weight is 351 g/mol. The highest BCUT2D eigenvalue weighted by atomic mass is 19.1. The van der Waals surface area contributed by atoms with E-state index in [1.807, 2.05) is 18.2 Å². The van der Waals surface area contributed by atoms with E-state index in [1.54, 1.807) is 12.1 Å². The summed E-state index contributed by atoms with van der Waals surface area (Å²) in [4.78, 5) is 12.2. The highest BCUT2D eigenvalue weighted by Gasteiger charge is 2.43. The van der Waals surface area contributed by atoms with Gasteiger partial charge in [0.25, 0.3) is 5.56 Å². The van der Waals surface area contributed by atoms with Gasteiger partial charge in [-0.2, -0.15) is 0 Å². The maximum atomic E-state index is 14.3. The number of aliphatic hydroxyl groups is 3. The predicted octanol–water partition coefficient (Wildman–Crippen LogP) is 0.178. The molecule has 1 aliphatic rings. The van der Waals surface area contributed by atoms with E-state index in [4.69, 9.17) is 14.6 Å². The van der Waals surface area contributed by atoms with Crippen LogP contribution in [0.1, 0.15) is 11.8 Å². The summed E-state index contributed by atoms with van der Waals surface area (Å²) >= 11 is 0. The minimum atomic E-state index is -1.47. The van der Waals surface area contributed by atoms with Gasteiger partial charge in [-0.3, -0.25) is 9.36 Å². The van der Waals surface area contributed by atoms with Crippen LogP contribution in [0, 0.1) is 5.82 Å². The lowest BCUT2D eigenvalue weighted by Gasteiger charge is -2.18. The van der Waals surface area contributed by atoms with Gasteiger partial charge < -0.3 is 24.8 Å². The molecular formula is C17H18FNO6. The largest absolute Gasteiger partial charge is 0.486 e. The summed E-state index contributed by atoms with van der Waals surface area (Å²) in [6.45, 7) is -0.445. The number of benzene rings is 1. The van der Waals surface area contributed by atoms with Crippen LogP contribution in [0.4, 0.5) is 4.39 Å². The first kappa shape index (κ1) is 17.6. The van der Waals surface area contributed by atoms with E-state index in [0.717, 1.165) is 22.4 Å². The molecule has 1 aliphatic heterocycles. The van der Waals surface area contributed by atoms with E-state index in [2.05, 4.69) is 0 Å². The van der Waals surface area contributed by atoms with Gasteiger partial charge >= 0.3 is 0 Å². The van der Waals surface area contributed by atoms with Crippen molar-refractivity contribution in [3.05, 3.63) is 64.3 Å². The van der Waals surface area contributed by atoms with Gasteiger partial charge in [-0.15, -0.1) is 0 Å². The first-order chi connectivity index (χ1) is 12.0. The molecule has 0 amide bonds. The fraction of sp³-hybridized carbons (Fsp3) is 0.353. The third-order valence-electron chi connectivity index (χ3n) is 4.03. The van der Waals surface area contributed by atoms with Crippen LogP contribution in [0.3, 0.4) is 0 Å². The van der Waals surface area contributed by atoms with Crippen LogP contribution >= 0.6 is 0 Å². The van der Waals surface area contributed by atoms with Gasteiger partial charge in [-0.25, -0.2) is 4.39 Å². The van der Waals surface area contributed by atoms with E-state index in [9.17, 15) is 19.4 Å². The molecule has 1 saturated heterocycles. The van der Waals surface area contributed by atoms with Crippen LogP contribution in [0.15, 0.2) is 47.4 Å². The normalized spacial score (nSPS) is 25.9. The second kappa shape index (κ2) is 7.32. The molecule has 4 atom stereocenters. The topological polar surface area (TPSA) is 101 Å². The molecule has 25 heavy (non-hydrogen) atoms. The van der Waals surface area contributed by atoms with Gasteiger partial charge in [0.1, 0.15) is 24.9 Å². The molecule has 0 saturated carbocycles. The van der Waals surface area contributed by atoms with Crippen molar-refractivity contribution in [2.45, 2.75) is 31.1 Å². The Labute approximate surface area is 142 Å². The summed E-state index contributed by atoms with van der Waals surface area (Å²) in [5.74, 6) is -1.04. The molecule has 1 aromatic carbocycles. The van der Waals surface area contributed by atoms with E-state index < -0.39 is 42.5 Å². The molecule has 0 spiro atoms. The molecule has 2 heterocycles. The van der Waals surface area contributed by atoms with Crippen LogP contribution in [-0.4, -0.2) is 44.8 Å². The Morgan fingerprint density at radius 1 is 1.20 bits per heavy atom. The Morgan fingerprint density at radius 3 is 2.56 bits per heavy atom. The predicted molar refractivity (Wildman–Crippen MR) is 84.4 cm³/mol. The lowest BCUT2D eigenvalue weighted by molar-refractivity contribution is -0.0548. The average Bonchev–Trinajstić information content (AvgIpc) is 2.91. The van der Waals surface area contributed by atoms with Crippen molar-refractivity contribution in [3.8, 4) is 5.75 Å². The number of hydrogen-bond acceptors (Lipinski definition) is 6. The second-order valence-electron chi connectivity index (χ2n) is 5.73. The van der Waals surface area contributed by atoms with Crippen molar-refractivity contribution in [3.63, 3.8) is 0 Å². The first-order valence-electron chi connectivity index (χ1n) is 7.72. The molecule has 0 aliphatic carbocycles. The zero-order valence-electron chi connectivity index (χ0n) is 13.2. The Bertz CT molecular complexity index is 780. The highest BCUT2D eigenvalue weighted by Crippen LogP contribution is 2.29. The molecule has 0 bridgehead atoms. The first-order valence-corrected chi connectivity index (χ1v) is 7.72. The number of ether oxygens (including phenoxy) is 2. The molecule has 1 fully saturated rings. The molecule has 8 heteroatoms. The molecule has 3 rings (SSSR count). The van der Waals surface area contributed by atoms with Gasteiger partial charge in [0.15, 0.2) is 17.8 Å². The molecular weight excluding hydrogens is 333 g/mol. The minimum absolute atomic E-state index is 0.0923. The molecule has 3 N–H and O–H groups in total. The Hall–Kier alpha value is -2.26. The Balaban J connectivity index is 1.80. The van der Waals surface area contributed by atoms with Crippen molar-refractivity contribution in [2.75, 3.05) is 6.61 Å². The monoisotopic (exact) mass is 351 g/mol. The summed E-state index contributed by atoms with van der Waals surface area (Å²) in [7, 11) is 0. The number of halogens is 1. The molecule has 1 aromatic heterocycles. The SMILES string of the molecule is O=c1cc(OCc2ccccc2)c(F)cn1[C@@H]1O[C@H](CO)[C@@H](O)[C@H]1O. The van der Waals surface area contributed by atoms with Crippen LogP contribution in [0.25, 0.3) is 0 Å². The number of rotatable bonds is 5. The Kier molecular flexibility index (Phi) is 5.14. The van der Waals surface area contributed by atoms with Gasteiger partial charge in [-0.1, -0.05) is 30.3 Å². The van der Waals surface area contributed by atoms with Crippen LogP contribution in [0.2, 0.25) is 0 Å². The maximum Gasteiger partial charge on any atom is 0.256 e. The summed E-state index contributed by atoms with van der Waals surface area (Å²) in [5.41, 5.74) is 0.147. The fourth-order valence-electron chi connectivity index (χ4n) is 2.66. The lowest BCUT2D eigenvalue weighted by atomic mass is 10.1. The summed E-state index contributed by atoms with van der Waals surface area (Å²) in [5, 5.41) is 28.8. The zero-order valence-corrected chi connectivity index (χ0v) is 13.2. The number of pyridine rings is 1. The molecule has 0 unspecified atom stereocenters. The second-order valence-corrected chi connectivity index (χ2v) is 5.73. The van der Waals surface area contributed by atoms with E-state index >= 15 is 0 Å².